The summed E-state index contributed by atoms with van der Waals surface area (Å²) in [5, 5.41) is 3.20. The molecule has 3 rings (SSSR count). The molecular weight excluding hydrogens is 316 g/mol. The van der Waals surface area contributed by atoms with Gasteiger partial charge in [-0.1, -0.05) is 0 Å². The van der Waals surface area contributed by atoms with Crippen LogP contribution in [0.5, 0.6) is 5.75 Å². The van der Waals surface area contributed by atoms with Gasteiger partial charge in [-0.2, -0.15) is 0 Å². The van der Waals surface area contributed by atoms with Gasteiger partial charge in [0.05, 0.1) is 18.1 Å². The SMILES string of the molecule is C[C@@H](Nc1ccc2c(c1)CCO2)C(=O)N(C)[C@@H]1CCS(=O)(=O)C1. The monoisotopic (exact) mass is 338 g/mol. The van der Waals surface area contributed by atoms with Crippen LogP contribution in [0.15, 0.2) is 18.2 Å². The van der Waals surface area contributed by atoms with E-state index < -0.39 is 15.9 Å². The van der Waals surface area contributed by atoms with Gasteiger partial charge in [0.2, 0.25) is 5.91 Å². The first kappa shape index (κ1) is 16.1. The zero-order valence-corrected chi connectivity index (χ0v) is 14.2. The zero-order valence-electron chi connectivity index (χ0n) is 13.4. The van der Waals surface area contributed by atoms with Crippen LogP contribution in [0.25, 0.3) is 0 Å². The molecule has 2 aliphatic heterocycles. The third kappa shape index (κ3) is 3.44. The lowest BCUT2D eigenvalue weighted by molar-refractivity contribution is -0.132. The smallest absolute Gasteiger partial charge is 0.244 e. The van der Waals surface area contributed by atoms with Crippen molar-refractivity contribution >= 4 is 21.4 Å². The molecule has 0 aromatic heterocycles. The molecule has 0 bridgehead atoms. The third-order valence-electron chi connectivity index (χ3n) is 4.55. The van der Waals surface area contributed by atoms with E-state index >= 15 is 0 Å². The summed E-state index contributed by atoms with van der Waals surface area (Å²) in [4.78, 5) is 14.1. The number of rotatable bonds is 4. The molecule has 1 N–H and O–H groups in total. The lowest BCUT2D eigenvalue weighted by Gasteiger charge is -2.27. The number of benzene rings is 1. The maximum Gasteiger partial charge on any atom is 0.244 e. The molecule has 126 valence electrons. The number of anilines is 1. The number of fused-ring (bicyclic) bond motifs is 1. The summed E-state index contributed by atoms with van der Waals surface area (Å²) in [5.41, 5.74) is 2.02. The Morgan fingerprint density at radius 1 is 1.43 bits per heavy atom. The molecule has 1 amide bonds. The molecule has 1 fully saturated rings. The Labute approximate surface area is 136 Å². The van der Waals surface area contributed by atoms with E-state index in [-0.39, 0.29) is 23.5 Å². The molecule has 7 heteroatoms. The second-order valence-corrected chi connectivity index (χ2v) is 8.52. The van der Waals surface area contributed by atoms with Crippen LogP contribution in [0.4, 0.5) is 5.69 Å². The maximum atomic E-state index is 12.5. The number of hydrogen-bond acceptors (Lipinski definition) is 5. The van der Waals surface area contributed by atoms with Crippen LogP contribution in [-0.2, 0) is 21.1 Å². The highest BCUT2D eigenvalue weighted by Crippen LogP contribution is 2.28. The fourth-order valence-corrected chi connectivity index (χ4v) is 4.93. The first-order valence-corrected chi connectivity index (χ1v) is 9.67. The molecule has 1 aromatic carbocycles. The molecule has 0 radical (unpaired) electrons. The van der Waals surface area contributed by atoms with Gasteiger partial charge in [-0.05, 0) is 37.1 Å². The molecule has 0 aliphatic carbocycles. The average Bonchev–Trinajstić information content (AvgIpc) is 3.11. The number of sulfone groups is 1. The molecular formula is C16H22N2O4S. The van der Waals surface area contributed by atoms with Gasteiger partial charge >= 0.3 is 0 Å². The van der Waals surface area contributed by atoms with Crippen LogP contribution in [-0.4, -0.2) is 56.5 Å². The molecule has 1 aromatic rings. The summed E-state index contributed by atoms with van der Waals surface area (Å²) >= 11 is 0. The summed E-state index contributed by atoms with van der Waals surface area (Å²) in [7, 11) is -1.31. The summed E-state index contributed by atoms with van der Waals surface area (Å²) in [6, 6.07) is 5.18. The number of nitrogens with one attached hydrogen (secondary N) is 1. The van der Waals surface area contributed by atoms with Crippen molar-refractivity contribution in [2.45, 2.75) is 31.8 Å². The average molecular weight is 338 g/mol. The predicted molar refractivity (Wildman–Crippen MR) is 88.6 cm³/mol. The zero-order chi connectivity index (χ0) is 16.6. The minimum atomic E-state index is -2.99. The molecule has 2 aliphatic rings. The van der Waals surface area contributed by atoms with Gasteiger partial charge in [0.15, 0.2) is 9.84 Å². The van der Waals surface area contributed by atoms with Crippen molar-refractivity contribution < 1.29 is 17.9 Å². The molecule has 6 nitrogen and oxygen atoms in total. The van der Waals surface area contributed by atoms with Gasteiger partial charge in [-0.3, -0.25) is 4.79 Å². The van der Waals surface area contributed by atoms with E-state index in [4.69, 9.17) is 4.74 Å². The van der Waals surface area contributed by atoms with Crippen molar-refractivity contribution in [3.63, 3.8) is 0 Å². The lowest BCUT2D eigenvalue weighted by Crippen LogP contribution is -2.45. The van der Waals surface area contributed by atoms with Crippen LogP contribution in [0.2, 0.25) is 0 Å². The molecule has 2 heterocycles. The highest BCUT2D eigenvalue weighted by molar-refractivity contribution is 7.91. The van der Waals surface area contributed by atoms with E-state index in [1.54, 1.807) is 18.9 Å². The van der Waals surface area contributed by atoms with Gasteiger partial charge < -0.3 is 15.0 Å². The van der Waals surface area contributed by atoms with E-state index in [1.807, 2.05) is 18.2 Å². The van der Waals surface area contributed by atoms with Crippen molar-refractivity contribution in [1.82, 2.24) is 4.90 Å². The standard InChI is InChI=1S/C16H22N2O4S/c1-11(16(19)18(2)14-6-8-23(20,21)10-14)17-13-3-4-15-12(9-13)5-7-22-15/h3-4,9,11,14,17H,5-8,10H2,1-2H3/t11-,14-/m1/s1. The molecule has 23 heavy (non-hydrogen) atoms. The van der Waals surface area contributed by atoms with Crippen LogP contribution in [0, 0.1) is 0 Å². The Morgan fingerprint density at radius 2 is 2.22 bits per heavy atom. The highest BCUT2D eigenvalue weighted by Gasteiger charge is 2.34. The molecule has 1 saturated heterocycles. The minimum absolute atomic E-state index is 0.0676. The van der Waals surface area contributed by atoms with E-state index in [1.165, 1.54) is 0 Å². The van der Waals surface area contributed by atoms with Gasteiger partial charge in [0.25, 0.3) is 0 Å². The summed E-state index contributed by atoms with van der Waals surface area (Å²) in [6.07, 6.45) is 1.40. The first-order chi connectivity index (χ1) is 10.9. The quantitative estimate of drug-likeness (QED) is 0.889. The van der Waals surface area contributed by atoms with Crippen molar-refractivity contribution in [3.05, 3.63) is 23.8 Å². The third-order valence-corrected chi connectivity index (χ3v) is 6.30. The summed E-state index contributed by atoms with van der Waals surface area (Å²) < 4.78 is 28.6. The number of nitrogens with zero attached hydrogens (tertiary/aromatic N) is 1. The van der Waals surface area contributed by atoms with E-state index in [0.717, 1.165) is 23.4 Å². The Hall–Kier alpha value is -1.76. The normalized spacial score (nSPS) is 23.0. The number of carbonyl (C=O) groups excluding carboxylic acids is 1. The lowest BCUT2D eigenvalue weighted by atomic mass is 10.1. The number of ether oxygens (including phenoxy) is 1. The topological polar surface area (TPSA) is 75.7 Å². The second kappa shape index (κ2) is 6.03. The number of hydrogen-bond donors (Lipinski definition) is 1. The van der Waals surface area contributed by atoms with Crippen molar-refractivity contribution in [1.29, 1.82) is 0 Å². The number of likely N-dealkylation sites (N-methyl/N-ethyl adjacent to an activating group) is 1. The number of amides is 1. The molecule has 0 unspecified atom stereocenters. The Balaban J connectivity index is 1.63. The van der Waals surface area contributed by atoms with Gasteiger partial charge in [-0.15, -0.1) is 0 Å². The van der Waals surface area contributed by atoms with Crippen LogP contribution in [0.3, 0.4) is 0 Å². The largest absolute Gasteiger partial charge is 0.493 e. The van der Waals surface area contributed by atoms with Crippen LogP contribution in [0.1, 0.15) is 18.9 Å². The first-order valence-electron chi connectivity index (χ1n) is 7.85. The van der Waals surface area contributed by atoms with Gasteiger partial charge in [-0.25, -0.2) is 8.42 Å². The Kier molecular flexibility index (Phi) is 4.23. The molecule has 0 saturated carbocycles. The molecule has 0 spiro atoms. The minimum Gasteiger partial charge on any atom is -0.493 e. The fourth-order valence-electron chi connectivity index (χ4n) is 3.15. The summed E-state index contributed by atoms with van der Waals surface area (Å²) in [5.74, 6) is 1.05. The maximum absolute atomic E-state index is 12.5. The van der Waals surface area contributed by atoms with E-state index in [0.29, 0.717) is 13.0 Å². The van der Waals surface area contributed by atoms with E-state index in [9.17, 15) is 13.2 Å². The summed E-state index contributed by atoms with van der Waals surface area (Å²) in [6.45, 7) is 2.50. The fraction of sp³-hybridized carbons (Fsp3) is 0.562. The van der Waals surface area contributed by atoms with Crippen LogP contribution >= 0.6 is 0 Å². The van der Waals surface area contributed by atoms with Gasteiger partial charge in [0.1, 0.15) is 11.8 Å². The van der Waals surface area contributed by atoms with Gasteiger partial charge in [0, 0.05) is 25.2 Å². The van der Waals surface area contributed by atoms with E-state index in [2.05, 4.69) is 5.32 Å². The Morgan fingerprint density at radius 3 is 2.91 bits per heavy atom. The predicted octanol–water partition coefficient (Wildman–Crippen LogP) is 1.07. The van der Waals surface area contributed by atoms with Crippen molar-refractivity contribution in [3.8, 4) is 5.75 Å². The highest BCUT2D eigenvalue weighted by atomic mass is 32.2. The van der Waals surface area contributed by atoms with Crippen molar-refractivity contribution in [2.24, 2.45) is 0 Å². The van der Waals surface area contributed by atoms with Crippen molar-refractivity contribution in [2.75, 3.05) is 30.5 Å². The second-order valence-electron chi connectivity index (χ2n) is 6.29. The number of carbonyl (C=O) groups is 1. The molecule has 2 atom stereocenters. The van der Waals surface area contributed by atoms with Crippen LogP contribution < -0.4 is 10.1 Å². The Bertz CT molecular complexity index is 717.